The van der Waals surface area contributed by atoms with Crippen molar-refractivity contribution in [1.82, 2.24) is 14.5 Å². The number of aryl methyl sites for hydroxylation is 1. The third kappa shape index (κ3) is 3.50. The predicted molar refractivity (Wildman–Crippen MR) is 61.7 cm³/mol. The normalized spacial score (nSPS) is 12.5. The molecule has 0 aliphatic heterocycles. The molecule has 1 amide bonds. The van der Waals surface area contributed by atoms with Crippen molar-refractivity contribution in [1.29, 1.82) is 0 Å². The third-order valence-corrected chi connectivity index (χ3v) is 2.35. The van der Waals surface area contributed by atoms with E-state index in [-0.39, 0.29) is 11.3 Å². The van der Waals surface area contributed by atoms with Gasteiger partial charge in [-0.1, -0.05) is 0 Å². The maximum absolute atomic E-state index is 11.8. The Hall–Kier alpha value is -1.07. The summed E-state index contributed by atoms with van der Waals surface area (Å²) in [7, 11) is 5.09. The molecule has 1 unspecified atom stereocenters. The van der Waals surface area contributed by atoms with Gasteiger partial charge in [-0.3, -0.25) is 4.79 Å². The Bertz CT molecular complexity index is 354. The van der Waals surface area contributed by atoms with Crippen LogP contribution in [0, 0.1) is 0 Å². The lowest BCUT2D eigenvalue weighted by molar-refractivity contribution is 0.0776. The Morgan fingerprint density at radius 2 is 2.44 bits per heavy atom. The second-order valence-electron chi connectivity index (χ2n) is 3.66. The maximum atomic E-state index is 11.8. The molecule has 90 valence electrons. The van der Waals surface area contributed by atoms with Crippen LogP contribution in [-0.4, -0.2) is 53.0 Å². The van der Waals surface area contributed by atoms with Gasteiger partial charge in [0.1, 0.15) is 5.69 Å². The number of carbonyl (C=O) groups is 1. The van der Waals surface area contributed by atoms with Gasteiger partial charge < -0.3 is 14.2 Å². The lowest BCUT2D eigenvalue weighted by Crippen LogP contribution is -2.34. The van der Waals surface area contributed by atoms with Crippen molar-refractivity contribution in [2.24, 2.45) is 7.05 Å². The first kappa shape index (κ1) is 13.0. The molecule has 0 saturated heterocycles. The van der Waals surface area contributed by atoms with Crippen LogP contribution in [0.1, 0.15) is 10.5 Å². The molecule has 1 aromatic heterocycles. The van der Waals surface area contributed by atoms with E-state index in [0.717, 1.165) is 0 Å². The van der Waals surface area contributed by atoms with Gasteiger partial charge in [0, 0.05) is 33.9 Å². The number of amides is 1. The Kier molecular flexibility index (Phi) is 4.76. The number of carbonyl (C=O) groups excluding carboxylic acids is 1. The van der Waals surface area contributed by atoms with Crippen molar-refractivity contribution in [3.63, 3.8) is 0 Å². The molecule has 1 aromatic rings. The highest BCUT2D eigenvalue weighted by molar-refractivity contribution is 6.21. The molecule has 0 fully saturated rings. The van der Waals surface area contributed by atoms with Crippen LogP contribution >= 0.6 is 11.6 Å². The fraction of sp³-hybridized carbons (Fsp3) is 0.600. The van der Waals surface area contributed by atoms with Gasteiger partial charge in [0.2, 0.25) is 0 Å². The summed E-state index contributed by atoms with van der Waals surface area (Å²) in [5.41, 5.74) is 0.422. The van der Waals surface area contributed by atoms with E-state index in [4.69, 9.17) is 16.3 Å². The number of ether oxygens (including phenoxy) is 1. The van der Waals surface area contributed by atoms with Crippen LogP contribution in [0.5, 0.6) is 0 Å². The number of aromatic nitrogens is 2. The fourth-order valence-electron chi connectivity index (χ4n) is 1.33. The Morgan fingerprint density at radius 3 is 2.94 bits per heavy atom. The number of alkyl halides is 1. The average molecular weight is 246 g/mol. The first-order valence-corrected chi connectivity index (χ1v) is 5.34. The van der Waals surface area contributed by atoms with Crippen LogP contribution in [0.15, 0.2) is 12.5 Å². The van der Waals surface area contributed by atoms with Crippen LogP contribution < -0.4 is 0 Å². The van der Waals surface area contributed by atoms with Crippen molar-refractivity contribution in [3.05, 3.63) is 18.2 Å². The summed E-state index contributed by atoms with van der Waals surface area (Å²) in [5, 5.41) is -0.206. The number of rotatable bonds is 5. The van der Waals surface area contributed by atoms with Crippen molar-refractivity contribution < 1.29 is 9.53 Å². The zero-order valence-corrected chi connectivity index (χ0v) is 10.4. The minimum Gasteiger partial charge on any atom is -0.383 e. The van der Waals surface area contributed by atoms with E-state index in [1.165, 1.54) is 0 Å². The summed E-state index contributed by atoms with van der Waals surface area (Å²) < 4.78 is 6.63. The van der Waals surface area contributed by atoms with Gasteiger partial charge >= 0.3 is 0 Å². The third-order valence-electron chi connectivity index (χ3n) is 2.09. The number of hydrogen-bond donors (Lipinski definition) is 0. The minimum absolute atomic E-state index is 0.137. The molecule has 0 aliphatic carbocycles. The monoisotopic (exact) mass is 245 g/mol. The predicted octanol–water partition coefficient (Wildman–Crippen LogP) is 0.746. The molecular formula is C10H16ClN3O2. The molecule has 1 heterocycles. The molecule has 0 saturated carbocycles. The van der Waals surface area contributed by atoms with Crippen molar-refractivity contribution >= 4 is 17.5 Å². The second kappa shape index (κ2) is 5.86. The Morgan fingerprint density at radius 1 is 1.75 bits per heavy atom. The van der Waals surface area contributed by atoms with E-state index in [0.29, 0.717) is 18.8 Å². The topological polar surface area (TPSA) is 47.4 Å². The van der Waals surface area contributed by atoms with Gasteiger partial charge in [0.05, 0.1) is 18.3 Å². The summed E-state index contributed by atoms with van der Waals surface area (Å²) in [6, 6.07) is 0. The molecule has 0 N–H and O–H groups in total. The van der Waals surface area contributed by atoms with E-state index in [1.54, 1.807) is 36.1 Å². The highest BCUT2D eigenvalue weighted by atomic mass is 35.5. The van der Waals surface area contributed by atoms with Gasteiger partial charge in [-0.15, -0.1) is 11.6 Å². The summed E-state index contributed by atoms with van der Waals surface area (Å²) in [4.78, 5) is 17.4. The minimum atomic E-state index is -0.206. The molecule has 1 atom stereocenters. The SMILES string of the molecule is COCC(Cl)CN(C)C(=O)c1cn(C)cn1. The fourth-order valence-corrected chi connectivity index (χ4v) is 1.67. The number of methoxy groups -OCH3 is 1. The summed E-state index contributed by atoms with van der Waals surface area (Å²) in [5.74, 6) is -0.137. The summed E-state index contributed by atoms with van der Waals surface area (Å²) in [6.07, 6.45) is 3.27. The van der Waals surface area contributed by atoms with Gasteiger partial charge in [-0.05, 0) is 0 Å². The molecule has 0 aromatic carbocycles. The molecule has 16 heavy (non-hydrogen) atoms. The van der Waals surface area contributed by atoms with E-state index < -0.39 is 0 Å². The molecule has 5 nitrogen and oxygen atoms in total. The second-order valence-corrected chi connectivity index (χ2v) is 4.28. The van der Waals surface area contributed by atoms with Crippen molar-refractivity contribution in [3.8, 4) is 0 Å². The van der Waals surface area contributed by atoms with Gasteiger partial charge in [-0.2, -0.15) is 0 Å². The van der Waals surface area contributed by atoms with Crippen molar-refractivity contribution in [2.75, 3.05) is 27.3 Å². The molecule has 0 spiro atoms. The molecule has 0 bridgehead atoms. The highest BCUT2D eigenvalue weighted by Gasteiger charge is 2.17. The molecule has 1 rings (SSSR count). The first-order chi connectivity index (χ1) is 7.54. The smallest absolute Gasteiger partial charge is 0.273 e. The van der Waals surface area contributed by atoms with Gasteiger partial charge in [-0.25, -0.2) is 4.98 Å². The quantitative estimate of drug-likeness (QED) is 0.719. The van der Waals surface area contributed by atoms with Gasteiger partial charge in [0.15, 0.2) is 0 Å². The highest BCUT2D eigenvalue weighted by Crippen LogP contribution is 2.04. The number of halogens is 1. The maximum Gasteiger partial charge on any atom is 0.273 e. The molecule has 6 heteroatoms. The van der Waals surface area contributed by atoms with E-state index >= 15 is 0 Å². The number of nitrogens with zero attached hydrogens (tertiary/aromatic N) is 3. The first-order valence-electron chi connectivity index (χ1n) is 4.91. The number of hydrogen-bond acceptors (Lipinski definition) is 3. The number of imidazole rings is 1. The zero-order chi connectivity index (χ0) is 12.1. The van der Waals surface area contributed by atoms with E-state index in [1.807, 2.05) is 7.05 Å². The molecular weight excluding hydrogens is 230 g/mol. The Labute approximate surface area is 100.0 Å². The summed E-state index contributed by atoms with van der Waals surface area (Å²) >= 11 is 5.97. The van der Waals surface area contributed by atoms with E-state index in [9.17, 15) is 4.79 Å². The molecule has 0 radical (unpaired) electrons. The van der Waals surface area contributed by atoms with Crippen LogP contribution in [0.25, 0.3) is 0 Å². The summed E-state index contributed by atoms with van der Waals surface area (Å²) in [6.45, 7) is 0.853. The van der Waals surface area contributed by atoms with Gasteiger partial charge in [0.25, 0.3) is 5.91 Å². The lowest BCUT2D eigenvalue weighted by atomic mass is 10.3. The van der Waals surface area contributed by atoms with Crippen LogP contribution in [0.3, 0.4) is 0 Å². The van der Waals surface area contributed by atoms with Crippen LogP contribution in [0.4, 0.5) is 0 Å². The largest absolute Gasteiger partial charge is 0.383 e. The van der Waals surface area contributed by atoms with E-state index in [2.05, 4.69) is 4.98 Å². The standard InChI is InChI=1S/C10H16ClN3O2/c1-13-5-9(12-7-13)10(15)14(2)4-8(11)6-16-3/h5,7-8H,4,6H2,1-3H3. The van der Waals surface area contributed by atoms with Crippen molar-refractivity contribution in [2.45, 2.75) is 5.38 Å². The Balaban J connectivity index is 2.54. The lowest BCUT2D eigenvalue weighted by Gasteiger charge is -2.18. The van der Waals surface area contributed by atoms with Crippen LogP contribution in [-0.2, 0) is 11.8 Å². The average Bonchev–Trinajstić information content (AvgIpc) is 2.64. The zero-order valence-electron chi connectivity index (χ0n) is 9.68. The molecule has 0 aliphatic rings. The van der Waals surface area contributed by atoms with Crippen LogP contribution in [0.2, 0.25) is 0 Å².